The number of hydrazine groups is 2. The summed E-state index contributed by atoms with van der Waals surface area (Å²) in [4.78, 5) is 0. The smallest absolute Gasteiger partial charge is 0.0889 e. The standard InChI is InChI=1S/H9N3Si2/c1-2-3(4)5/h2H,1H2,4-5H3. The first-order chi connectivity index (χ1) is 2.27. The van der Waals surface area contributed by atoms with Gasteiger partial charge in [-0.05, 0) is 0 Å². The fraction of sp³-hybridized carbons (Fsp3) is 0. The van der Waals surface area contributed by atoms with Crippen LogP contribution in [0, 0.1) is 0 Å². The van der Waals surface area contributed by atoms with Gasteiger partial charge in [-0.1, -0.05) is 0 Å². The van der Waals surface area contributed by atoms with Crippen molar-refractivity contribution >= 4 is 20.8 Å². The van der Waals surface area contributed by atoms with Crippen LogP contribution in [-0.4, -0.2) is 25.1 Å². The zero-order chi connectivity index (χ0) is 4.28. The zero-order valence-electron chi connectivity index (χ0n) is 3.52. The molecule has 0 aliphatic rings. The monoisotopic (exact) mass is 107 g/mol. The van der Waals surface area contributed by atoms with Gasteiger partial charge in [-0.15, -0.1) is 0 Å². The summed E-state index contributed by atoms with van der Waals surface area (Å²) in [5.41, 5.74) is 2.48. The normalized spacial score (nSPS) is 10.8. The van der Waals surface area contributed by atoms with Gasteiger partial charge in [-0.3, -0.25) is 10.2 Å². The van der Waals surface area contributed by atoms with Crippen molar-refractivity contribution in [2.24, 2.45) is 5.84 Å². The van der Waals surface area contributed by atoms with E-state index in [0.717, 1.165) is 20.8 Å². The lowest BCUT2D eigenvalue weighted by molar-refractivity contribution is 0.525. The van der Waals surface area contributed by atoms with Crippen molar-refractivity contribution in [2.45, 2.75) is 0 Å². The molecule has 5 heavy (non-hydrogen) atoms. The van der Waals surface area contributed by atoms with Gasteiger partial charge in [0, 0.05) is 0 Å². The summed E-state index contributed by atoms with van der Waals surface area (Å²) in [6, 6.07) is 0. The molecule has 0 aromatic rings. The first kappa shape index (κ1) is 5.31. The zero-order valence-corrected chi connectivity index (χ0v) is 7.52. The average Bonchev–Trinajstić information content (AvgIpc) is 1.38. The highest BCUT2D eigenvalue weighted by molar-refractivity contribution is 6.24. The molecule has 0 heterocycles. The Hall–Kier alpha value is 0.314. The molecule has 0 radical (unpaired) electrons. The molecule has 0 saturated heterocycles. The predicted octanol–water partition coefficient (Wildman–Crippen LogP) is -3.77. The molecule has 0 aromatic heterocycles. The van der Waals surface area contributed by atoms with Crippen LogP contribution in [0.3, 0.4) is 0 Å². The topological polar surface area (TPSA) is 41.3 Å². The van der Waals surface area contributed by atoms with Gasteiger partial charge in [0.1, 0.15) is 0 Å². The molecule has 0 amide bonds. The van der Waals surface area contributed by atoms with Crippen LogP contribution in [0.1, 0.15) is 0 Å². The first-order valence-electron chi connectivity index (χ1n) is 1.41. The second kappa shape index (κ2) is 2.55. The summed E-state index contributed by atoms with van der Waals surface area (Å²) in [5, 5.41) is 0. The minimum absolute atomic E-state index is 1.03. The van der Waals surface area contributed by atoms with Crippen LogP contribution in [0.5, 0.6) is 0 Å². The fourth-order valence-corrected chi connectivity index (χ4v) is 0. The van der Waals surface area contributed by atoms with E-state index in [1.165, 1.54) is 0 Å². The molecule has 0 spiro atoms. The SMILES string of the molecule is NNN([SiH3])[SiH3]. The Bertz CT molecular complexity index is 18.9. The van der Waals surface area contributed by atoms with E-state index in [1.54, 1.807) is 0 Å². The maximum atomic E-state index is 4.92. The summed E-state index contributed by atoms with van der Waals surface area (Å²) in [6.45, 7) is 0. The van der Waals surface area contributed by atoms with Crippen LogP contribution in [0.25, 0.3) is 0 Å². The lowest BCUT2D eigenvalue weighted by Crippen LogP contribution is -2.38. The second-order valence-electron chi connectivity index (χ2n) is 1.02. The Morgan fingerprint density at radius 2 is 1.80 bits per heavy atom. The molecular weight excluding hydrogens is 98.2 g/mol. The molecule has 0 rings (SSSR count). The minimum Gasteiger partial charge on any atom is -0.292 e. The van der Waals surface area contributed by atoms with E-state index in [-0.39, 0.29) is 0 Å². The number of hydrogen-bond acceptors (Lipinski definition) is 3. The maximum absolute atomic E-state index is 4.92. The van der Waals surface area contributed by atoms with Crippen LogP contribution in [0.2, 0.25) is 0 Å². The van der Waals surface area contributed by atoms with Gasteiger partial charge >= 0.3 is 0 Å². The van der Waals surface area contributed by atoms with E-state index < -0.39 is 0 Å². The largest absolute Gasteiger partial charge is 0.292 e. The van der Waals surface area contributed by atoms with E-state index >= 15 is 0 Å². The highest BCUT2D eigenvalue weighted by atomic mass is 28.2. The van der Waals surface area contributed by atoms with Crippen LogP contribution < -0.4 is 11.4 Å². The summed E-state index contributed by atoms with van der Waals surface area (Å²) >= 11 is 0. The number of rotatable bonds is 1. The van der Waals surface area contributed by atoms with Crippen molar-refractivity contribution in [3.8, 4) is 0 Å². The Balaban J connectivity index is 2.54. The minimum atomic E-state index is 1.03. The van der Waals surface area contributed by atoms with E-state index in [1.807, 2.05) is 4.34 Å². The summed E-state index contributed by atoms with van der Waals surface area (Å²) in [5.74, 6) is 4.92. The molecule has 0 unspecified atom stereocenters. The molecule has 0 fully saturated rings. The lowest BCUT2D eigenvalue weighted by atomic mass is 12.6. The Kier molecular flexibility index (Phi) is 2.71. The Morgan fingerprint density at radius 1 is 1.60 bits per heavy atom. The third-order valence-electron chi connectivity index (χ3n) is 0.258. The van der Waals surface area contributed by atoms with Crippen LogP contribution in [-0.2, 0) is 0 Å². The predicted molar refractivity (Wildman–Crippen MR) is 29.0 cm³/mol. The van der Waals surface area contributed by atoms with E-state index in [9.17, 15) is 0 Å². The van der Waals surface area contributed by atoms with Crippen LogP contribution in [0.15, 0.2) is 0 Å². The molecule has 5 heteroatoms. The summed E-state index contributed by atoms with van der Waals surface area (Å²) < 4.78 is 1.93. The number of nitrogens with one attached hydrogen (secondary N) is 1. The van der Waals surface area contributed by atoms with Crippen molar-refractivity contribution in [3.05, 3.63) is 0 Å². The number of hydrogen-bond donors (Lipinski definition) is 2. The second-order valence-corrected chi connectivity index (χ2v) is 5.50. The van der Waals surface area contributed by atoms with E-state index in [0.29, 0.717) is 0 Å². The van der Waals surface area contributed by atoms with Crippen molar-refractivity contribution in [1.82, 2.24) is 9.87 Å². The average molecular weight is 107 g/mol. The third kappa shape index (κ3) is 4.31. The molecule has 0 bridgehead atoms. The molecule has 0 aromatic carbocycles. The van der Waals surface area contributed by atoms with Gasteiger partial charge < -0.3 is 0 Å². The first-order valence-corrected chi connectivity index (χ1v) is 3.20. The molecule has 0 aliphatic heterocycles. The van der Waals surface area contributed by atoms with Crippen molar-refractivity contribution in [3.63, 3.8) is 0 Å². The van der Waals surface area contributed by atoms with Crippen molar-refractivity contribution in [1.29, 1.82) is 0 Å². The van der Waals surface area contributed by atoms with Gasteiger partial charge in [0.25, 0.3) is 0 Å². The van der Waals surface area contributed by atoms with E-state index in [2.05, 4.69) is 5.53 Å². The summed E-state index contributed by atoms with van der Waals surface area (Å²) in [7, 11) is 2.06. The van der Waals surface area contributed by atoms with E-state index in [4.69, 9.17) is 5.84 Å². The molecule has 0 saturated carbocycles. The van der Waals surface area contributed by atoms with Gasteiger partial charge in [0.15, 0.2) is 0 Å². The quantitative estimate of drug-likeness (QED) is 0.205. The fourth-order valence-electron chi connectivity index (χ4n) is 0. The maximum Gasteiger partial charge on any atom is 0.0889 e. The Morgan fingerprint density at radius 3 is 1.80 bits per heavy atom. The highest BCUT2D eigenvalue weighted by Crippen LogP contribution is 1.40. The molecule has 3 N–H and O–H groups in total. The number of nitrogens with two attached hydrogens (primary N) is 1. The highest BCUT2D eigenvalue weighted by Gasteiger charge is 1.69. The molecule has 0 atom stereocenters. The van der Waals surface area contributed by atoms with Gasteiger partial charge in [-0.2, -0.15) is 0 Å². The Labute approximate surface area is 37.5 Å². The number of nitrogens with zero attached hydrogens (tertiary/aromatic N) is 1. The molecule has 3 nitrogen and oxygen atoms in total. The van der Waals surface area contributed by atoms with Crippen LogP contribution in [0.4, 0.5) is 0 Å². The van der Waals surface area contributed by atoms with Gasteiger partial charge in [-0.25, -0.2) is 5.53 Å². The van der Waals surface area contributed by atoms with Crippen molar-refractivity contribution in [2.75, 3.05) is 0 Å². The summed E-state index contributed by atoms with van der Waals surface area (Å²) in [6.07, 6.45) is 0. The van der Waals surface area contributed by atoms with Gasteiger partial charge in [0.05, 0.1) is 20.8 Å². The molecular formula is H9N3Si2. The van der Waals surface area contributed by atoms with Gasteiger partial charge in [0.2, 0.25) is 0 Å². The lowest BCUT2D eigenvalue weighted by Gasteiger charge is -2.03. The van der Waals surface area contributed by atoms with Crippen molar-refractivity contribution < 1.29 is 0 Å². The third-order valence-corrected chi connectivity index (χ3v) is 0.775. The molecule has 32 valence electrons. The molecule has 0 aliphatic carbocycles. The van der Waals surface area contributed by atoms with Crippen LogP contribution >= 0.6 is 0 Å².